The van der Waals surface area contributed by atoms with Crippen LogP contribution in [0.3, 0.4) is 0 Å². The molecule has 1 saturated heterocycles. The van der Waals surface area contributed by atoms with Crippen LogP contribution in [0.2, 0.25) is 0 Å². The number of urea groups is 1. The number of hydrogen-bond donors (Lipinski definition) is 0. The van der Waals surface area contributed by atoms with E-state index in [0.29, 0.717) is 12.5 Å². The second kappa shape index (κ2) is 11.1. The highest BCUT2D eigenvalue weighted by atomic mass is 16.7. The minimum absolute atomic E-state index is 0.0910. The van der Waals surface area contributed by atoms with Crippen molar-refractivity contribution in [3.8, 4) is 11.5 Å². The minimum Gasteiger partial charge on any atom is -0.497 e. The van der Waals surface area contributed by atoms with Crippen molar-refractivity contribution in [1.29, 1.82) is 0 Å². The van der Waals surface area contributed by atoms with Gasteiger partial charge in [-0.2, -0.15) is 0 Å². The smallest absolute Gasteiger partial charge is 0.320 e. The van der Waals surface area contributed by atoms with E-state index in [-0.39, 0.29) is 23.9 Å². The van der Waals surface area contributed by atoms with Crippen molar-refractivity contribution in [2.45, 2.75) is 62.6 Å². The molecule has 7 nitrogen and oxygen atoms in total. The predicted molar refractivity (Wildman–Crippen MR) is 148 cm³/mol. The predicted octanol–water partition coefficient (Wildman–Crippen LogP) is 5.49. The lowest BCUT2D eigenvalue weighted by molar-refractivity contribution is 0.0154. The zero-order valence-electron chi connectivity index (χ0n) is 23.4. The van der Waals surface area contributed by atoms with Gasteiger partial charge in [-0.05, 0) is 93.9 Å². The molecule has 5 rings (SSSR count). The summed E-state index contributed by atoms with van der Waals surface area (Å²) in [6.07, 6.45) is 7.76. The third-order valence-electron chi connectivity index (χ3n) is 9.34. The molecule has 0 N–H and O–H groups in total. The van der Waals surface area contributed by atoms with Gasteiger partial charge in [0.15, 0.2) is 6.79 Å². The van der Waals surface area contributed by atoms with Crippen molar-refractivity contribution in [1.82, 2.24) is 14.7 Å². The lowest BCUT2D eigenvalue weighted by atomic mass is 9.68. The first-order valence-corrected chi connectivity index (χ1v) is 14.0. The SMILES string of the molecule is COCOc1cccc(C2(N(C)C)CCC3(CC2)CN(Cc2ccc(OC)cc2)C(=O)N3CC2CCC2)c1. The first-order chi connectivity index (χ1) is 18.4. The van der Waals surface area contributed by atoms with Crippen molar-refractivity contribution in [2.24, 2.45) is 5.92 Å². The Kier molecular flexibility index (Phi) is 7.87. The van der Waals surface area contributed by atoms with Gasteiger partial charge in [0, 0.05) is 32.3 Å². The summed E-state index contributed by atoms with van der Waals surface area (Å²) in [5.41, 5.74) is 2.22. The fourth-order valence-corrected chi connectivity index (χ4v) is 6.72. The Morgan fingerprint density at radius 1 is 0.974 bits per heavy atom. The average Bonchev–Trinajstić information content (AvgIpc) is 3.15. The van der Waals surface area contributed by atoms with Gasteiger partial charge in [-0.25, -0.2) is 4.79 Å². The van der Waals surface area contributed by atoms with Gasteiger partial charge in [0.25, 0.3) is 0 Å². The van der Waals surface area contributed by atoms with Crippen LogP contribution in [0, 0.1) is 5.92 Å². The Hall–Kier alpha value is -2.77. The van der Waals surface area contributed by atoms with Crippen molar-refractivity contribution in [2.75, 3.05) is 48.2 Å². The molecule has 1 aliphatic heterocycles. The van der Waals surface area contributed by atoms with Crippen molar-refractivity contribution in [3.05, 3.63) is 59.7 Å². The Balaban J connectivity index is 1.37. The zero-order valence-corrected chi connectivity index (χ0v) is 23.4. The number of ether oxygens (including phenoxy) is 3. The fourth-order valence-electron chi connectivity index (χ4n) is 6.72. The van der Waals surface area contributed by atoms with Crippen LogP contribution in [0.5, 0.6) is 11.5 Å². The Labute approximate surface area is 227 Å². The molecule has 38 heavy (non-hydrogen) atoms. The van der Waals surface area contributed by atoms with E-state index in [9.17, 15) is 4.79 Å². The largest absolute Gasteiger partial charge is 0.497 e. The van der Waals surface area contributed by atoms with Crippen LogP contribution in [0.15, 0.2) is 48.5 Å². The van der Waals surface area contributed by atoms with Crippen LogP contribution in [-0.2, 0) is 16.8 Å². The Bertz CT molecular complexity index is 1090. The quantitative estimate of drug-likeness (QED) is 0.387. The molecular weight excluding hydrogens is 478 g/mol. The van der Waals surface area contributed by atoms with Crippen molar-refractivity contribution >= 4 is 6.03 Å². The molecule has 2 amide bonds. The summed E-state index contributed by atoms with van der Waals surface area (Å²) in [5.74, 6) is 2.32. The lowest BCUT2D eigenvalue weighted by Gasteiger charge is -2.51. The molecule has 7 heteroatoms. The Morgan fingerprint density at radius 3 is 2.32 bits per heavy atom. The molecule has 0 atom stereocenters. The van der Waals surface area contributed by atoms with Gasteiger partial charge in [-0.3, -0.25) is 4.90 Å². The summed E-state index contributed by atoms with van der Waals surface area (Å²) in [6, 6.07) is 16.8. The van der Waals surface area contributed by atoms with E-state index < -0.39 is 0 Å². The number of carbonyl (C=O) groups is 1. The van der Waals surface area contributed by atoms with E-state index in [4.69, 9.17) is 14.2 Å². The fraction of sp³-hybridized carbons (Fsp3) is 0.581. The van der Waals surface area contributed by atoms with E-state index in [1.165, 1.54) is 24.8 Å². The van der Waals surface area contributed by atoms with E-state index in [1.807, 2.05) is 18.2 Å². The van der Waals surface area contributed by atoms with Crippen LogP contribution >= 0.6 is 0 Å². The molecule has 2 aromatic rings. The maximum absolute atomic E-state index is 13.9. The van der Waals surface area contributed by atoms with Crippen LogP contribution in [-0.4, -0.2) is 74.5 Å². The van der Waals surface area contributed by atoms with Crippen molar-refractivity contribution in [3.63, 3.8) is 0 Å². The highest BCUT2D eigenvalue weighted by molar-refractivity contribution is 5.78. The molecule has 0 aromatic heterocycles. The summed E-state index contributed by atoms with van der Waals surface area (Å²) in [7, 11) is 7.69. The summed E-state index contributed by atoms with van der Waals surface area (Å²) < 4.78 is 16.2. The van der Waals surface area contributed by atoms with Crippen molar-refractivity contribution < 1.29 is 19.0 Å². The third kappa shape index (κ3) is 5.10. The van der Waals surface area contributed by atoms with E-state index in [2.05, 4.69) is 59.1 Å². The van der Waals surface area contributed by atoms with Gasteiger partial charge >= 0.3 is 6.03 Å². The van der Waals surface area contributed by atoms with Gasteiger partial charge in [-0.15, -0.1) is 0 Å². The number of nitrogens with zero attached hydrogens (tertiary/aromatic N) is 3. The van der Waals surface area contributed by atoms with Crippen LogP contribution in [0.1, 0.15) is 56.1 Å². The second-order valence-corrected chi connectivity index (χ2v) is 11.6. The number of amides is 2. The first-order valence-electron chi connectivity index (χ1n) is 14.0. The number of rotatable bonds is 10. The molecular formula is C31H43N3O4. The zero-order chi connectivity index (χ0) is 26.8. The second-order valence-electron chi connectivity index (χ2n) is 11.6. The minimum atomic E-state index is -0.108. The lowest BCUT2D eigenvalue weighted by Crippen LogP contribution is -2.56. The maximum Gasteiger partial charge on any atom is 0.320 e. The van der Waals surface area contributed by atoms with E-state index >= 15 is 0 Å². The van der Waals surface area contributed by atoms with Gasteiger partial charge in [0.05, 0.1) is 12.6 Å². The highest BCUT2D eigenvalue weighted by Gasteiger charge is 2.54. The summed E-state index contributed by atoms with van der Waals surface area (Å²) >= 11 is 0. The normalized spacial score (nSPS) is 25.8. The van der Waals surface area contributed by atoms with Crippen LogP contribution < -0.4 is 9.47 Å². The third-order valence-corrected chi connectivity index (χ3v) is 9.34. The number of methoxy groups -OCH3 is 2. The molecule has 2 saturated carbocycles. The number of carbonyl (C=O) groups excluding carboxylic acids is 1. The number of benzene rings is 2. The molecule has 0 bridgehead atoms. The molecule has 3 aliphatic rings. The monoisotopic (exact) mass is 521 g/mol. The molecule has 1 heterocycles. The van der Waals surface area contributed by atoms with Gasteiger partial charge < -0.3 is 24.0 Å². The summed E-state index contributed by atoms with van der Waals surface area (Å²) in [6.45, 7) is 2.57. The number of hydrogen-bond acceptors (Lipinski definition) is 5. The summed E-state index contributed by atoms with van der Waals surface area (Å²) in [5, 5.41) is 0. The van der Waals surface area contributed by atoms with E-state index in [1.54, 1.807) is 14.2 Å². The molecule has 0 unspecified atom stereocenters. The molecule has 206 valence electrons. The van der Waals surface area contributed by atoms with Crippen LogP contribution in [0.25, 0.3) is 0 Å². The molecule has 3 fully saturated rings. The Morgan fingerprint density at radius 2 is 1.71 bits per heavy atom. The molecule has 2 aromatic carbocycles. The highest BCUT2D eigenvalue weighted by Crippen LogP contribution is 2.50. The average molecular weight is 522 g/mol. The molecule has 1 spiro atoms. The first kappa shape index (κ1) is 26.8. The topological polar surface area (TPSA) is 54.5 Å². The van der Waals surface area contributed by atoms with Gasteiger partial charge in [0.1, 0.15) is 11.5 Å². The molecule has 2 aliphatic carbocycles. The standard InChI is InChI=1S/C31H43N3O4/c1-32(2)31(26-9-6-10-28(19-26)38-23-36-3)17-15-30(16-18-31)22-33(20-25-11-13-27(37-4)14-12-25)29(35)34(30)21-24-7-5-8-24/h6,9-14,19,24H,5,7-8,15-18,20-23H2,1-4H3. The van der Waals surface area contributed by atoms with Gasteiger partial charge in [-0.1, -0.05) is 30.7 Å². The molecule has 0 radical (unpaired) electrons. The van der Waals surface area contributed by atoms with E-state index in [0.717, 1.165) is 55.8 Å². The van der Waals surface area contributed by atoms with Crippen LogP contribution in [0.4, 0.5) is 4.79 Å². The maximum atomic E-state index is 13.9. The summed E-state index contributed by atoms with van der Waals surface area (Å²) in [4.78, 5) is 20.6. The van der Waals surface area contributed by atoms with Gasteiger partial charge in [0.2, 0.25) is 0 Å².